The van der Waals surface area contributed by atoms with E-state index in [1.165, 1.54) is 38.5 Å². The van der Waals surface area contributed by atoms with Crippen LogP contribution in [0.4, 0.5) is 0 Å². The molecule has 0 saturated heterocycles. The van der Waals surface area contributed by atoms with Gasteiger partial charge in [-0.2, -0.15) is 0 Å². The molecule has 2 saturated carbocycles. The van der Waals surface area contributed by atoms with E-state index in [0.29, 0.717) is 25.4 Å². The summed E-state index contributed by atoms with van der Waals surface area (Å²) in [5.41, 5.74) is 6.91. The maximum absolute atomic E-state index is 11.9. The summed E-state index contributed by atoms with van der Waals surface area (Å²) in [7, 11) is 1.78. The lowest BCUT2D eigenvalue weighted by Crippen LogP contribution is -2.21. The molecule has 0 spiro atoms. The SMILES string of the molecule is Brc1ccc2ncc(COC3CCC3)n2c1.Cc1cc(-c2ccc3ncc(COC4CCC4)n3c2)cn(C)c1=O. The molecule has 40 heavy (non-hydrogen) atoms. The van der Waals surface area contributed by atoms with Crippen LogP contribution in [0.5, 0.6) is 0 Å². The first-order valence-corrected chi connectivity index (χ1v) is 14.7. The molecular weight excluding hydrogens is 570 g/mol. The largest absolute Gasteiger partial charge is 0.372 e. The Morgan fingerprint density at radius 1 is 0.825 bits per heavy atom. The van der Waals surface area contributed by atoms with Crippen LogP contribution < -0.4 is 5.56 Å². The van der Waals surface area contributed by atoms with Gasteiger partial charge in [-0.1, -0.05) is 0 Å². The number of aromatic nitrogens is 5. The summed E-state index contributed by atoms with van der Waals surface area (Å²) in [6, 6.07) is 9.97. The third-order valence-electron chi connectivity index (χ3n) is 7.86. The van der Waals surface area contributed by atoms with Gasteiger partial charge in [0.1, 0.15) is 11.3 Å². The molecular formula is C31H34BrN5O3. The highest BCUT2D eigenvalue weighted by Crippen LogP contribution is 2.25. The number of pyridine rings is 3. The lowest BCUT2D eigenvalue weighted by molar-refractivity contribution is -0.0104. The number of hydrogen-bond donors (Lipinski definition) is 0. The minimum Gasteiger partial charge on any atom is -0.372 e. The molecule has 0 amide bonds. The molecule has 0 radical (unpaired) electrons. The van der Waals surface area contributed by atoms with Crippen molar-refractivity contribution in [2.75, 3.05) is 0 Å². The van der Waals surface area contributed by atoms with Gasteiger partial charge in [0.05, 0.1) is 49.2 Å². The molecule has 7 rings (SSSR count). The van der Waals surface area contributed by atoms with Gasteiger partial charge in [0, 0.05) is 35.7 Å². The van der Waals surface area contributed by atoms with Crippen LogP contribution in [-0.2, 0) is 29.7 Å². The molecule has 5 aromatic rings. The maximum Gasteiger partial charge on any atom is 0.253 e. The van der Waals surface area contributed by atoms with Crippen LogP contribution in [0.15, 0.2) is 70.6 Å². The molecule has 2 fully saturated rings. The topological polar surface area (TPSA) is 75.1 Å². The standard InChI is InChI=1S/C19H21N3O2.C12H13BrN2O/c1-13-8-15(10-21(2)19(13)23)14-6-7-18-20-9-16(22(18)11-14)12-24-17-4-3-5-17;13-9-4-5-12-14-6-10(15(12)7-9)8-16-11-2-1-3-11/h6-11,17H,3-5,12H2,1-2H3;4-7,11H,1-3,8H2. The smallest absolute Gasteiger partial charge is 0.253 e. The van der Waals surface area contributed by atoms with Gasteiger partial charge in [-0.15, -0.1) is 0 Å². The average molecular weight is 605 g/mol. The Morgan fingerprint density at radius 3 is 1.95 bits per heavy atom. The number of fused-ring (bicyclic) bond motifs is 2. The van der Waals surface area contributed by atoms with Crippen molar-refractivity contribution in [2.24, 2.45) is 7.05 Å². The Morgan fingerprint density at radius 2 is 1.40 bits per heavy atom. The zero-order valence-corrected chi connectivity index (χ0v) is 24.5. The average Bonchev–Trinajstić information content (AvgIpc) is 3.49. The third kappa shape index (κ3) is 5.77. The van der Waals surface area contributed by atoms with Gasteiger partial charge in [0.15, 0.2) is 0 Å². The zero-order chi connectivity index (χ0) is 27.6. The van der Waals surface area contributed by atoms with E-state index < -0.39 is 0 Å². The minimum absolute atomic E-state index is 0.0389. The summed E-state index contributed by atoms with van der Waals surface area (Å²) in [5, 5.41) is 0. The van der Waals surface area contributed by atoms with Crippen LogP contribution in [-0.4, -0.2) is 35.5 Å². The highest BCUT2D eigenvalue weighted by molar-refractivity contribution is 9.10. The zero-order valence-electron chi connectivity index (χ0n) is 22.9. The molecule has 2 aliphatic carbocycles. The van der Waals surface area contributed by atoms with E-state index in [1.54, 1.807) is 11.6 Å². The van der Waals surface area contributed by atoms with E-state index in [2.05, 4.69) is 40.9 Å². The minimum atomic E-state index is 0.0389. The summed E-state index contributed by atoms with van der Waals surface area (Å²) in [5.74, 6) is 0. The van der Waals surface area contributed by atoms with E-state index >= 15 is 0 Å². The van der Waals surface area contributed by atoms with Crippen LogP contribution in [0.1, 0.15) is 55.5 Å². The van der Waals surface area contributed by atoms with Gasteiger partial charge < -0.3 is 22.8 Å². The Balaban J connectivity index is 0.000000157. The van der Waals surface area contributed by atoms with Gasteiger partial charge in [-0.05, 0) is 103 Å². The molecule has 0 atom stereocenters. The van der Waals surface area contributed by atoms with Crippen molar-refractivity contribution in [3.05, 3.63) is 93.1 Å². The summed E-state index contributed by atoms with van der Waals surface area (Å²) in [4.78, 5) is 20.7. The number of imidazole rings is 2. The van der Waals surface area contributed by atoms with Crippen molar-refractivity contribution in [3.63, 3.8) is 0 Å². The Hall–Kier alpha value is -3.27. The molecule has 0 aliphatic heterocycles. The molecule has 0 N–H and O–H groups in total. The highest BCUT2D eigenvalue weighted by atomic mass is 79.9. The van der Waals surface area contributed by atoms with E-state index in [0.717, 1.165) is 43.8 Å². The number of aryl methyl sites for hydroxylation is 2. The molecule has 5 aromatic heterocycles. The first-order valence-electron chi connectivity index (χ1n) is 13.9. The summed E-state index contributed by atoms with van der Waals surface area (Å²) >= 11 is 3.47. The third-order valence-corrected chi connectivity index (χ3v) is 8.33. The van der Waals surface area contributed by atoms with Gasteiger partial charge in [-0.3, -0.25) is 4.79 Å². The van der Waals surface area contributed by atoms with Gasteiger partial charge in [0.25, 0.3) is 5.56 Å². The van der Waals surface area contributed by atoms with Crippen molar-refractivity contribution < 1.29 is 9.47 Å². The van der Waals surface area contributed by atoms with Crippen LogP contribution in [0.2, 0.25) is 0 Å². The number of halogens is 1. The molecule has 2 aliphatic rings. The highest BCUT2D eigenvalue weighted by Gasteiger charge is 2.19. The first-order chi connectivity index (χ1) is 19.4. The van der Waals surface area contributed by atoms with Crippen molar-refractivity contribution >= 4 is 27.2 Å². The van der Waals surface area contributed by atoms with Gasteiger partial charge in [-0.25, -0.2) is 9.97 Å². The normalized spacial score (nSPS) is 15.6. The van der Waals surface area contributed by atoms with E-state index in [4.69, 9.17) is 9.47 Å². The van der Waals surface area contributed by atoms with Crippen LogP contribution in [0.25, 0.3) is 22.4 Å². The second-order valence-electron chi connectivity index (χ2n) is 10.8. The second kappa shape index (κ2) is 11.7. The lowest BCUT2D eigenvalue weighted by Gasteiger charge is -2.25. The molecule has 208 valence electrons. The molecule has 0 unspecified atom stereocenters. The second-order valence-corrected chi connectivity index (χ2v) is 11.7. The number of hydrogen-bond acceptors (Lipinski definition) is 5. The summed E-state index contributed by atoms with van der Waals surface area (Å²) < 4.78 is 18.6. The molecule has 0 aromatic carbocycles. The molecule has 0 bridgehead atoms. The summed E-state index contributed by atoms with van der Waals surface area (Å²) in [6.45, 7) is 3.09. The molecule has 9 heteroatoms. The lowest BCUT2D eigenvalue weighted by atomic mass is 9.96. The predicted octanol–water partition coefficient (Wildman–Crippen LogP) is 6.24. The quantitative estimate of drug-likeness (QED) is 0.220. The van der Waals surface area contributed by atoms with Crippen molar-refractivity contribution in [2.45, 2.75) is 70.9 Å². The number of rotatable bonds is 7. The Labute approximate surface area is 241 Å². The monoisotopic (exact) mass is 603 g/mol. The fourth-order valence-corrected chi connectivity index (χ4v) is 5.27. The van der Waals surface area contributed by atoms with E-state index in [9.17, 15) is 4.79 Å². The van der Waals surface area contributed by atoms with Crippen LogP contribution in [0.3, 0.4) is 0 Å². The van der Waals surface area contributed by atoms with E-state index in [-0.39, 0.29) is 5.56 Å². The van der Waals surface area contributed by atoms with Crippen LogP contribution >= 0.6 is 15.9 Å². The molecule has 5 heterocycles. The van der Waals surface area contributed by atoms with Crippen molar-refractivity contribution in [1.29, 1.82) is 0 Å². The van der Waals surface area contributed by atoms with Crippen molar-refractivity contribution in [1.82, 2.24) is 23.3 Å². The van der Waals surface area contributed by atoms with Crippen molar-refractivity contribution in [3.8, 4) is 11.1 Å². The van der Waals surface area contributed by atoms with Crippen LogP contribution in [0, 0.1) is 6.92 Å². The Bertz CT molecular complexity index is 1670. The fourth-order valence-electron chi connectivity index (χ4n) is 4.94. The number of nitrogens with zero attached hydrogens (tertiary/aromatic N) is 5. The fraction of sp³-hybridized carbons (Fsp3) is 0.387. The predicted molar refractivity (Wildman–Crippen MR) is 158 cm³/mol. The first kappa shape index (κ1) is 26.9. The Kier molecular flexibility index (Phi) is 7.87. The number of ether oxygens (including phenoxy) is 2. The van der Waals surface area contributed by atoms with Gasteiger partial charge >= 0.3 is 0 Å². The van der Waals surface area contributed by atoms with Gasteiger partial charge in [0.2, 0.25) is 0 Å². The summed E-state index contributed by atoms with van der Waals surface area (Å²) in [6.07, 6.45) is 17.9. The van der Waals surface area contributed by atoms with E-state index in [1.807, 2.05) is 62.0 Å². The maximum atomic E-state index is 11.9. The molecule has 8 nitrogen and oxygen atoms in total.